The van der Waals surface area contributed by atoms with Gasteiger partial charge in [-0.2, -0.15) is 0 Å². The number of carbonyl (C=O) groups excluding carboxylic acids is 1. The molecule has 0 saturated carbocycles. The van der Waals surface area contributed by atoms with Crippen LogP contribution in [-0.4, -0.2) is 40.9 Å². The van der Waals surface area contributed by atoms with Crippen LogP contribution in [0.2, 0.25) is 0 Å². The Kier molecular flexibility index (Phi) is 7.46. The van der Waals surface area contributed by atoms with Crippen molar-refractivity contribution in [1.82, 2.24) is 15.3 Å². The first-order chi connectivity index (χ1) is 11.9. The number of H-pyrrole nitrogens is 1. The topological polar surface area (TPSA) is 84.1 Å². The van der Waals surface area contributed by atoms with E-state index in [1.54, 1.807) is 0 Å². The Labute approximate surface area is 155 Å². The smallest absolute Gasteiger partial charge is 0.259 e. The molecule has 0 aliphatic carbocycles. The highest BCUT2D eigenvalue weighted by Crippen LogP contribution is 2.26. The number of hydrogen-bond acceptors (Lipinski definition) is 6. The highest BCUT2D eigenvalue weighted by Gasteiger charge is 2.15. The quantitative estimate of drug-likeness (QED) is 0.651. The van der Waals surface area contributed by atoms with Crippen molar-refractivity contribution < 1.29 is 9.53 Å². The van der Waals surface area contributed by atoms with Crippen LogP contribution in [-0.2, 0) is 15.3 Å². The summed E-state index contributed by atoms with van der Waals surface area (Å²) in [6.45, 7) is 9.70. The fourth-order valence-electron chi connectivity index (χ4n) is 2.32. The fourth-order valence-corrected chi connectivity index (χ4v) is 4.15. The van der Waals surface area contributed by atoms with Crippen molar-refractivity contribution >= 4 is 39.2 Å². The molecule has 2 N–H and O–H groups in total. The van der Waals surface area contributed by atoms with Gasteiger partial charge in [-0.3, -0.25) is 9.59 Å². The molecule has 1 atom stereocenters. The number of ether oxygens (including phenoxy) is 1. The summed E-state index contributed by atoms with van der Waals surface area (Å²) in [7, 11) is 0. The number of rotatable bonds is 9. The van der Waals surface area contributed by atoms with Crippen LogP contribution in [0.25, 0.3) is 10.2 Å². The van der Waals surface area contributed by atoms with Gasteiger partial charge in [-0.15, -0.1) is 23.1 Å². The van der Waals surface area contributed by atoms with E-state index < -0.39 is 0 Å². The van der Waals surface area contributed by atoms with E-state index in [4.69, 9.17) is 4.74 Å². The van der Waals surface area contributed by atoms with E-state index in [1.807, 2.05) is 27.7 Å². The second kappa shape index (κ2) is 9.35. The van der Waals surface area contributed by atoms with Crippen LogP contribution in [0, 0.1) is 13.8 Å². The monoisotopic (exact) mass is 383 g/mol. The lowest BCUT2D eigenvalue weighted by atomic mass is 10.2. The summed E-state index contributed by atoms with van der Waals surface area (Å²) in [5, 5.41) is 3.37. The predicted octanol–water partition coefficient (Wildman–Crippen LogP) is 2.77. The average molecular weight is 384 g/mol. The summed E-state index contributed by atoms with van der Waals surface area (Å²) < 4.78 is 5.24. The number of aromatic nitrogens is 2. The van der Waals surface area contributed by atoms with Gasteiger partial charge in [-0.1, -0.05) is 0 Å². The zero-order valence-electron chi connectivity index (χ0n) is 15.1. The summed E-state index contributed by atoms with van der Waals surface area (Å²) >= 11 is 3.00. The van der Waals surface area contributed by atoms with Gasteiger partial charge in [-0.25, -0.2) is 4.98 Å². The zero-order valence-corrected chi connectivity index (χ0v) is 16.7. The molecule has 0 radical (unpaired) electrons. The molecule has 0 aliphatic heterocycles. The molecule has 25 heavy (non-hydrogen) atoms. The van der Waals surface area contributed by atoms with Gasteiger partial charge in [-0.05, 0) is 39.7 Å². The van der Waals surface area contributed by atoms with Crippen LogP contribution in [0.4, 0.5) is 0 Å². The van der Waals surface area contributed by atoms with E-state index in [1.165, 1.54) is 23.1 Å². The van der Waals surface area contributed by atoms with Crippen LogP contribution in [0.1, 0.15) is 36.5 Å². The molecule has 2 aromatic heterocycles. The number of amides is 1. The van der Waals surface area contributed by atoms with Crippen LogP contribution < -0.4 is 10.9 Å². The molecule has 138 valence electrons. The minimum absolute atomic E-state index is 0.00673. The van der Waals surface area contributed by atoms with Gasteiger partial charge in [0.25, 0.3) is 5.56 Å². The molecular weight excluding hydrogens is 358 g/mol. The van der Waals surface area contributed by atoms with Gasteiger partial charge in [0.05, 0.1) is 16.4 Å². The Bertz CT molecular complexity index is 785. The Morgan fingerprint density at radius 3 is 2.92 bits per heavy atom. The lowest BCUT2D eigenvalue weighted by Gasteiger charge is -2.11. The van der Waals surface area contributed by atoms with Crippen molar-refractivity contribution in [2.24, 2.45) is 0 Å². The van der Waals surface area contributed by atoms with Gasteiger partial charge in [0, 0.05) is 24.6 Å². The van der Waals surface area contributed by atoms with E-state index >= 15 is 0 Å². The minimum atomic E-state index is -0.208. The Morgan fingerprint density at radius 2 is 2.20 bits per heavy atom. The molecule has 8 heteroatoms. The number of carbonyl (C=O) groups is 1. The predicted molar refractivity (Wildman–Crippen MR) is 105 cm³/mol. The van der Waals surface area contributed by atoms with Crippen molar-refractivity contribution in [3.63, 3.8) is 0 Å². The molecule has 0 aromatic carbocycles. The molecule has 1 amide bonds. The first kappa shape index (κ1) is 19.9. The lowest BCUT2D eigenvalue weighted by Crippen LogP contribution is -2.32. The summed E-state index contributed by atoms with van der Waals surface area (Å²) in [6.07, 6.45) is 0.805. The van der Waals surface area contributed by atoms with Gasteiger partial charge >= 0.3 is 0 Å². The summed E-state index contributed by atoms with van der Waals surface area (Å²) in [4.78, 5) is 33.6. The molecule has 0 unspecified atom stereocenters. The Balaban J connectivity index is 1.89. The molecule has 0 fully saturated rings. The first-order valence-electron chi connectivity index (χ1n) is 8.40. The third-order valence-corrected chi connectivity index (χ3v) is 6.15. The highest BCUT2D eigenvalue weighted by atomic mass is 32.2. The largest absolute Gasteiger partial charge is 0.382 e. The van der Waals surface area contributed by atoms with E-state index in [-0.39, 0.29) is 16.7 Å². The molecule has 2 rings (SSSR count). The molecule has 0 bridgehead atoms. The molecule has 6 nitrogen and oxygen atoms in total. The minimum Gasteiger partial charge on any atom is -0.382 e. The van der Waals surface area contributed by atoms with Crippen molar-refractivity contribution in [3.05, 3.63) is 26.6 Å². The second-order valence-electron chi connectivity index (χ2n) is 5.77. The number of thioether (sulfide) groups is 1. The number of aryl methyl sites for hydroxylation is 2. The molecule has 2 heterocycles. The summed E-state index contributed by atoms with van der Waals surface area (Å²) in [5.41, 5.74) is 0.892. The van der Waals surface area contributed by atoms with Crippen molar-refractivity contribution in [3.8, 4) is 0 Å². The fraction of sp³-hybridized carbons (Fsp3) is 0.588. The standard InChI is InChI=1S/C17H25N3O3S2/c1-5-23-8-6-7-18-15(21)12(4)24-9-13-19-16(22)14-10(2)11(3)25-17(14)20-13/h12H,5-9H2,1-4H3,(H,18,21)(H,19,20,22)/t12-/m1/s1. The van der Waals surface area contributed by atoms with Crippen LogP contribution in [0.3, 0.4) is 0 Å². The van der Waals surface area contributed by atoms with Gasteiger partial charge in [0.1, 0.15) is 10.7 Å². The molecule has 2 aromatic rings. The van der Waals surface area contributed by atoms with E-state index in [2.05, 4.69) is 15.3 Å². The van der Waals surface area contributed by atoms with Crippen molar-refractivity contribution in [1.29, 1.82) is 0 Å². The summed E-state index contributed by atoms with van der Waals surface area (Å²) in [5.74, 6) is 1.10. The normalized spacial score (nSPS) is 12.5. The van der Waals surface area contributed by atoms with Crippen LogP contribution >= 0.6 is 23.1 Å². The van der Waals surface area contributed by atoms with Crippen LogP contribution in [0.15, 0.2) is 4.79 Å². The van der Waals surface area contributed by atoms with Gasteiger partial charge in [0.2, 0.25) is 5.91 Å². The number of thiophene rings is 1. The zero-order chi connectivity index (χ0) is 18.4. The maximum absolute atomic E-state index is 12.3. The van der Waals surface area contributed by atoms with E-state index in [0.717, 1.165) is 21.7 Å². The maximum atomic E-state index is 12.3. The average Bonchev–Trinajstić information content (AvgIpc) is 2.87. The lowest BCUT2D eigenvalue weighted by molar-refractivity contribution is -0.120. The van der Waals surface area contributed by atoms with Crippen molar-refractivity contribution in [2.45, 2.75) is 45.1 Å². The van der Waals surface area contributed by atoms with Gasteiger partial charge < -0.3 is 15.0 Å². The molecule has 0 saturated heterocycles. The number of nitrogens with zero attached hydrogens (tertiary/aromatic N) is 1. The third kappa shape index (κ3) is 5.29. The van der Waals surface area contributed by atoms with E-state index in [0.29, 0.717) is 36.7 Å². The highest BCUT2D eigenvalue weighted by molar-refractivity contribution is 7.99. The third-order valence-electron chi connectivity index (χ3n) is 3.90. The summed E-state index contributed by atoms with van der Waals surface area (Å²) in [6, 6.07) is 0. The Morgan fingerprint density at radius 1 is 1.44 bits per heavy atom. The number of nitrogens with one attached hydrogen (secondary N) is 2. The molecule has 0 spiro atoms. The Hall–Kier alpha value is -1.38. The maximum Gasteiger partial charge on any atom is 0.259 e. The second-order valence-corrected chi connectivity index (χ2v) is 8.30. The number of aromatic amines is 1. The SMILES string of the molecule is CCOCCCNC(=O)[C@@H](C)SCc1nc2sc(C)c(C)c2c(=O)[nH]1. The van der Waals surface area contributed by atoms with Gasteiger partial charge in [0.15, 0.2) is 0 Å². The number of hydrogen-bond donors (Lipinski definition) is 2. The van der Waals surface area contributed by atoms with Crippen molar-refractivity contribution in [2.75, 3.05) is 19.8 Å². The molecule has 0 aliphatic rings. The van der Waals surface area contributed by atoms with Crippen LogP contribution in [0.5, 0.6) is 0 Å². The molecular formula is C17H25N3O3S2. The first-order valence-corrected chi connectivity index (χ1v) is 10.3. The van der Waals surface area contributed by atoms with E-state index in [9.17, 15) is 9.59 Å². The number of fused-ring (bicyclic) bond motifs is 1.